The van der Waals surface area contributed by atoms with Gasteiger partial charge >= 0.3 is 0 Å². The molecule has 2 aliphatic heterocycles. The van der Waals surface area contributed by atoms with Gasteiger partial charge in [0.15, 0.2) is 0 Å². The SMILES string of the molecule is COc1ccccc1[C@@H]1CN(C(=O)c2ccc(Cl)cc2)C[C@H]1C(=O)N1CCOCC1. The molecule has 0 aromatic heterocycles. The van der Waals surface area contributed by atoms with Crippen molar-refractivity contribution < 1.29 is 19.1 Å². The number of hydrogen-bond donors (Lipinski definition) is 0. The van der Waals surface area contributed by atoms with Gasteiger partial charge in [0.1, 0.15) is 5.75 Å². The van der Waals surface area contributed by atoms with Crippen molar-refractivity contribution in [2.24, 2.45) is 5.92 Å². The first-order chi connectivity index (χ1) is 14.6. The summed E-state index contributed by atoms with van der Waals surface area (Å²) in [4.78, 5) is 30.2. The Morgan fingerprint density at radius 1 is 1.00 bits per heavy atom. The molecule has 0 spiro atoms. The van der Waals surface area contributed by atoms with E-state index in [1.54, 1.807) is 36.3 Å². The van der Waals surface area contributed by atoms with Crippen molar-refractivity contribution in [1.29, 1.82) is 0 Å². The van der Waals surface area contributed by atoms with Gasteiger partial charge in [0, 0.05) is 42.7 Å². The lowest BCUT2D eigenvalue weighted by Crippen LogP contribution is -2.45. The van der Waals surface area contributed by atoms with Gasteiger partial charge in [0.05, 0.1) is 26.2 Å². The van der Waals surface area contributed by atoms with E-state index < -0.39 is 0 Å². The Morgan fingerprint density at radius 3 is 2.40 bits per heavy atom. The normalized spacial score (nSPS) is 21.5. The number of likely N-dealkylation sites (tertiary alicyclic amines) is 1. The Hall–Kier alpha value is -2.57. The summed E-state index contributed by atoms with van der Waals surface area (Å²) in [5.74, 6) is 0.260. The third kappa shape index (κ3) is 4.16. The van der Waals surface area contributed by atoms with E-state index in [0.717, 1.165) is 11.3 Å². The lowest BCUT2D eigenvalue weighted by molar-refractivity contribution is -0.139. The molecule has 4 rings (SSSR count). The smallest absolute Gasteiger partial charge is 0.253 e. The van der Waals surface area contributed by atoms with Crippen LogP contribution in [-0.4, -0.2) is 68.1 Å². The van der Waals surface area contributed by atoms with Gasteiger partial charge in [-0.05, 0) is 35.9 Å². The standard InChI is InChI=1S/C23H25ClN2O4/c1-29-21-5-3-2-4-18(21)19-14-26(22(27)16-6-8-17(24)9-7-16)15-20(19)23(28)25-10-12-30-13-11-25/h2-9,19-20H,10-15H2,1H3/t19-,20+/m0/s1. The molecule has 2 aromatic carbocycles. The number of ether oxygens (including phenoxy) is 2. The number of para-hydroxylation sites is 1. The maximum atomic E-state index is 13.4. The molecular weight excluding hydrogens is 404 g/mol. The largest absolute Gasteiger partial charge is 0.496 e. The van der Waals surface area contributed by atoms with Gasteiger partial charge in [-0.1, -0.05) is 29.8 Å². The second kappa shape index (κ2) is 9.06. The van der Waals surface area contributed by atoms with Crippen molar-refractivity contribution in [3.05, 3.63) is 64.7 Å². The first-order valence-electron chi connectivity index (χ1n) is 10.1. The molecule has 0 N–H and O–H groups in total. The fourth-order valence-corrected chi connectivity index (χ4v) is 4.43. The molecule has 2 saturated heterocycles. The van der Waals surface area contributed by atoms with Crippen LogP contribution < -0.4 is 4.74 Å². The minimum atomic E-state index is -0.323. The number of hydrogen-bond acceptors (Lipinski definition) is 4. The molecule has 6 nitrogen and oxygen atoms in total. The van der Waals surface area contributed by atoms with Crippen LogP contribution in [-0.2, 0) is 9.53 Å². The number of carbonyl (C=O) groups is 2. The number of benzene rings is 2. The van der Waals surface area contributed by atoms with Crippen molar-refractivity contribution in [2.75, 3.05) is 46.5 Å². The first kappa shape index (κ1) is 20.7. The van der Waals surface area contributed by atoms with E-state index in [1.807, 2.05) is 29.2 Å². The highest BCUT2D eigenvalue weighted by molar-refractivity contribution is 6.30. The van der Waals surface area contributed by atoms with Crippen molar-refractivity contribution >= 4 is 23.4 Å². The number of nitrogens with zero attached hydrogens (tertiary/aromatic N) is 2. The maximum absolute atomic E-state index is 13.4. The molecule has 2 atom stereocenters. The number of amides is 2. The molecule has 0 bridgehead atoms. The summed E-state index contributed by atoms with van der Waals surface area (Å²) in [5.41, 5.74) is 1.52. The predicted molar refractivity (Wildman–Crippen MR) is 114 cm³/mol. The Kier molecular flexibility index (Phi) is 6.25. The molecule has 7 heteroatoms. The van der Waals surface area contributed by atoms with E-state index in [1.165, 1.54) is 0 Å². The van der Waals surface area contributed by atoms with Crippen LogP contribution in [0.5, 0.6) is 5.75 Å². The lowest BCUT2D eigenvalue weighted by atomic mass is 9.87. The van der Waals surface area contributed by atoms with Crippen LogP contribution in [0.25, 0.3) is 0 Å². The molecule has 2 aromatic rings. The molecular formula is C23H25ClN2O4. The predicted octanol–water partition coefficient (Wildman–Crippen LogP) is 3.06. The van der Waals surface area contributed by atoms with E-state index in [2.05, 4.69) is 0 Å². The number of carbonyl (C=O) groups excluding carboxylic acids is 2. The van der Waals surface area contributed by atoms with E-state index in [9.17, 15) is 9.59 Å². The summed E-state index contributed by atoms with van der Waals surface area (Å²) in [6, 6.07) is 14.6. The minimum Gasteiger partial charge on any atom is -0.496 e. The van der Waals surface area contributed by atoms with Crippen LogP contribution in [0, 0.1) is 5.92 Å². The van der Waals surface area contributed by atoms with E-state index in [4.69, 9.17) is 21.1 Å². The Morgan fingerprint density at radius 2 is 1.70 bits per heavy atom. The third-order valence-corrected chi connectivity index (χ3v) is 6.13. The molecule has 158 valence electrons. The van der Waals surface area contributed by atoms with Crippen molar-refractivity contribution in [3.8, 4) is 5.75 Å². The van der Waals surface area contributed by atoms with Gasteiger partial charge in [-0.15, -0.1) is 0 Å². The second-order valence-corrected chi connectivity index (χ2v) is 8.05. The average molecular weight is 429 g/mol. The highest BCUT2D eigenvalue weighted by Crippen LogP contribution is 2.39. The van der Waals surface area contributed by atoms with E-state index >= 15 is 0 Å². The summed E-state index contributed by atoms with van der Waals surface area (Å²) >= 11 is 5.96. The number of rotatable bonds is 4. The highest BCUT2D eigenvalue weighted by Gasteiger charge is 2.43. The fraction of sp³-hybridized carbons (Fsp3) is 0.391. The zero-order valence-electron chi connectivity index (χ0n) is 16.9. The molecule has 2 fully saturated rings. The summed E-state index contributed by atoms with van der Waals surface area (Å²) in [7, 11) is 1.63. The highest BCUT2D eigenvalue weighted by atomic mass is 35.5. The summed E-state index contributed by atoms with van der Waals surface area (Å²) in [6.45, 7) is 3.09. The molecule has 2 amide bonds. The van der Waals surface area contributed by atoms with E-state index in [-0.39, 0.29) is 23.7 Å². The number of morpholine rings is 1. The second-order valence-electron chi connectivity index (χ2n) is 7.61. The van der Waals surface area contributed by atoms with Crippen LogP contribution in [0.4, 0.5) is 0 Å². The summed E-state index contributed by atoms with van der Waals surface area (Å²) in [6.07, 6.45) is 0. The molecule has 2 aliphatic rings. The molecule has 0 saturated carbocycles. The van der Waals surface area contributed by atoms with Crippen LogP contribution in [0.15, 0.2) is 48.5 Å². The Bertz CT molecular complexity index is 912. The molecule has 0 radical (unpaired) electrons. The van der Waals surface area contributed by atoms with Gasteiger partial charge in [-0.3, -0.25) is 9.59 Å². The zero-order valence-corrected chi connectivity index (χ0v) is 17.7. The topological polar surface area (TPSA) is 59.1 Å². The van der Waals surface area contributed by atoms with Crippen molar-refractivity contribution in [3.63, 3.8) is 0 Å². The Balaban J connectivity index is 1.63. The lowest BCUT2D eigenvalue weighted by Gasteiger charge is -2.31. The zero-order chi connectivity index (χ0) is 21.1. The first-order valence-corrected chi connectivity index (χ1v) is 10.5. The molecule has 30 heavy (non-hydrogen) atoms. The van der Waals surface area contributed by atoms with Gasteiger partial charge in [-0.25, -0.2) is 0 Å². The maximum Gasteiger partial charge on any atom is 0.253 e. The summed E-state index contributed by atoms with van der Waals surface area (Å²) < 4.78 is 11.0. The van der Waals surface area contributed by atoms with Crippen molar-refractivity contribution in [2.45, 2.75) is 5.92 Å². The fourth-order valence-electron chi connectivity index (χ4n) is 4.30. The third-order valence-electron chi connectivity index (χ3n) is 5.88. The number of methoxy groups -OCH3 is 1. The van der Waals surface area contributed by atoms with Gasteiger partial charge in [0.25, 0.3) is 5.91 Å². The summed E-state index contributed by atoms with van der Waals surface area (Å²) in [5, 5.41) is 0.584. The molecule has 2 heterocycles. The van der Waals surface area contributed by atoms with Gasteiger partial charge in [-0.2, -0.15) is 0 Å². The van der Waals surface area contributed by atoms with Crippen LogP contribution >= 0.6 is 11.6 Å². The minimum absolute atomic E-state index is 0.0700. The van der Waals surface area contributed by atoms with Gasteiger partial charge in [0.2, 0.25) is 5.91 Å². The van der Waals surface area contributed by atoms with E-state index in [0.29, 0.717) is 50.0 Å². The van der Waals surface area contributed by atoms with Gasteiger partial charge < -0.3 is 19.3 Å². The monoisotopic (exact) mass is 428 g/mol. The quantitative estimate of drug-likeness (QED) is 0.751. The van der Waals surface area contributed by atoms with Crippen LogP contribution in [0.1, 0.15) is 21.8 Å². The molecule has 0 aliphatic carbocycles. The van der Waals surface area contributed by atoms with Crippen molar-refractivity contribution in [1.82, 2.24) is 9.80 Å². The average Bonchev–Trinajstić information content (AvgIpc) is 3.24. The number of halogens is 1. The molecule has 0 unspecified atom stereocenters. The van der Waals surface area contributed by atoms with Crippen LogP contribution in [0.3, 0.4) is 0 Å². The van der Waals surface area contributed by atoms with Crippen LogP contribution in [0.2, 0.25) is 5.02 Å². The Labute approximate surface area is 181 Å².